The normalized spacial score (nSPS) is 10.5. The molecule has 2 aromatic carbocycles. The molecule has 2 rings (SSSR count). The van der Waals surface area contributed by atoms with Crippen LogP contribution in [0.25, 0.3) is 0 Å². The van der Waals surface area contributed by atoms with Gasteiger partial charge in [-0.3, -0.25) is 0 Å². The fourth-order valence-electron chi connectivity index (χ4n) is 2.24. The van der Waals surface area contributed by atoms with Crippen LogP contribution in [-0.2, 0) is 6.54 Å². The summed E-state index contributed by atoms with van der Waals surface area (Å²) in [6, 6.07) is 10.8. The number of aryl methyl sites for hydroxylation is 2. The van der Waals surface area contributed by atoms with E-state index in [-0.39, 0.29) is 5.75 Å². The molecule has 0 aliphatic heterocycles. The quantitative estimate of drug-likeness (QED) is 0.906. The van der Waals surface area contributed by atoms with Crippen LogP contribution in [0.2, 0.25) is 0 Å². The Hall–Kier alpha value is -2.03. The molecule has 0 amide bonds. The summed E-state index contributed by atoms with van der Waals surface area (Å²) in [5, 5.41) is 9.18. The lowest BCUT2D eigenvalue weighted by atomic mass is 10.1. The number of hydrogen-bond acceptors (Lipinski definition) is 2. The summed E-state index contributed by atoms with van der Waals surface area (Å²) in [6.45, 7) is 4.73. The summed E-state index contributed by atoms with van der Waals surface area (Å²) in [5.74, 6) is -0.885. The fraction of sp³-hybridized carbons (Fsp3) is 0.250. The van der Waals surface area contributed by atoms with Gasteiger partial charge in [-0.2, -0.15) is 0 Å². The lowest BCUT2D eigenvalue weighted by molar-refractivity contribution is 0.432. The largest absolute Gasteiger partial charge is 0.505 e. The molecule has 0 radical (unpaired) electrons. The average Bonchev–Trinajstić information content (AvgIpc) is 2.33. The third kappa shape index (κ3) is 3.05. The highest BCUT2D eigenvalue weighted by Gasteiger charge is 2.07. The molecule has 0 atom stereocenters. The first kappa shape index (κ1) is 13.4. The molecule has 2 nitrogen and oxygen atoms in total. The second-order valence-electron chi connectivity index (χ2n) is 4.93. The molecule has 0 spiro atoms. The van der Waals surface area contributed by atoms with E-state index in [1.807, 2.05) is 7.05 Å². The molecule has 3 heteroatoms. The van der Waals surface area contributed by atoms with Crippen molar-refractivity contribution < 1.29 is 9.50 Å². The Bertz CT molecular complexity index is 595. The van der Waals surface area contributed by atoms with Crippen molar-refractivity contribution in [1.82, 2.24) is 0 Å². The van der Waals surface area contributed by atoms with Gasteiger partial charge in [-0.1, -0.05) is 23.8 Å². The molecule has 100 valence electrons. The van der Waals surface area contributed by atoms with E-state index in [0.29, 0.717) is 6.54 Å². The standard InChI is InChI=1S/C16H18FNO/c1-11-4-6-15(12(2)8-11)18(3)10-13-5-7-16(19)14(17)9-13/h4-9,19H,10H2,1-3H3. The minimum absolute atomic E-state index is 0.307. The van der Waals surface area contributed by atoms with Crippen molar-refractivity contribution >= 4 is 5.69 Å². The molecule has 0 aromatic heterocycles. The molecule has 0 bridgehead atoms. The Kier molecular flexibility index (Phi) is 3.74. The predicted molar refractivity (Wildman–Crippen MR) is 76.1 cm³/mol. The van der Waals surface area contributed by atoms with Crippen molar-refractivity contribution in [3.05, 3.63) is 58.9 Å². The van der Waals surface area contributed by atoms with Crippen LogP contribution in [0, 0.1) is 19.7 Å². The third-order valence-corrected chi connectivity index (χ3v) is 3.20. The van der Waals surface area contributed by atoms with Crippen LogP contribution in [0.15, 0.2) is 36.4 Å². The van der Waals surface area contributed by atoms with Gasteiger partial charge in [0.1, 0.15) is 0 Å². The lowest BCUT2D eigenvalue weighted by Gasteiger charge is -2.22. The average molecular weight is 259 g/mol. The second-order valence-corrected chi connectivity index (χ2v) is 4.93. The summed E-state index contributed by atoms with van der Waals surface area (Å²) in [6.07, 6.45) is 0. The van der Waals surface area contributed by atoms with Gasteiger partial charge < -0.3 is 10.0 Å². The maximum Gasteiger partial charge on any atom is 0.165 e. The van der Waals surface area contributed by atoms with E-state index in [1.165, 1.54) is 23.3 Å². The monoisotopic (exact) mass is 259 g/mol. The molecule has 1 N–H and O–H groups in total. The number of anilines is 1. The van der Waals surface area contributed by atoms with E-state index >= 15 is 0 Å². The molecule has 2 aromatic rings. The first-order valence-electron chi connectivity index (χ1n) is 6.23. The van der Waals surface area contributed by atoms with E-state index in [1.54, 1.807) is 6.07 Å². The Balaban J connectivity index is 2.20. The van der Waals surface area contributed by atoms with Gasteiger partial charge in [0.15, 0.2) is 11.6 Å². The molecule has 0 aliphatic carbocycles. The number of aromatic hydroxyl groups is 1. The number of nitrogens with zero attached hydrogens (tertiary/aromatic N) is 1. The minimum Gasteiger partial charge on any atom is -0.505 e. The van der Waals surface area contributed by atoms with Crippen molar-refractivity contribution in [2.75, 3.05) is 11.9 Å². The number of benzene rings is 2. The zero-order chi connectivity index (χ0) is 14.0. The van der Waals surface area contributed by atoms with Gasteiger partial charge >= 0.3 is 0 Å². The van der Waals surface area contributed by atoms with E-state index in [9.17, 15) is 9.50 Å². The van der Waals surface area contributed by atoms with Crippen LogP contribution in [0.3, 0.4) is 0 Å². The maximum atomic E-state index is 13.3. The SMILES string of the molecule is Cc1ccc(N(C)Cc2ccc(O)c(F)c2)c(C)c1. The first-order chi connectivity index (χ1) is 8.97. The summed E-state index contributed by atoms with van der Waals surface area (Å²) in [5.41, 5.74) is 4.38. The molecule has 0 heterocycles. The van der Waals surface area contributed by atoms with Crippen molar-refractivity contribution in [2.45, 2.75) is 20.4 Å². The number of rotatable bonds is 3. The molecule has 0 unspecified atom stereocenters. The van der Waals surface area contributed by atoms with E-state index < -0.39 is 5.82 Å². The van der Waals surface area contributed by atoms with Crippen molar-refractivity contribution in [1.29, 1.82) is 0 Å². The number of halogens is 1. The van der Waals surface area contributed by atoms with Gasteiger partial charge in [0.05, 0.1) is 0 Å². The molecular formula is C16H18FNO. The minimum atomic E-state index is -0.577. The Morgan fingerprint density at radius 3 is 2.47 bits per heavy atom. The molecule has 19 heavy (non-hydrogen) atoms. The molecule has 0 saturated heterocycles. The lowest BCUT2D eigenvalue weighted by Crippen LogP contribution is -2.17. The van der Waals surface area contributed by atoms with Gasteiger partial charge in [-0.15, -0.1) is 0 Å². The fourth-order valence-corrected chi connectivity index (χ4v) is 2.24. The van der Waals surface area contributed by atoms with Crippen LogP contribution < -0.4 is 4.90 Å². The Morgan fingerprint density at radius 1 is 1.11 bits per heavy atom. The van der Waals surface area contributed by atoms with Gasteiger partial charge in [0, 0.05) is 19.3 Å². The first-order valence-corrected chi connectivity index (χ1v) is 6.23. The van der Waals surface area contributed by atoms with Crippen molar-refractivity contribution in [3.63, 3.8) is 0 Å². The third-order valence-electron chi connectivity index (χ3n) is 3.20. The summed E-state index contributed by atoms with van der Waals surface area (Å²) in [7, 11) is 1.97. The smallest absolute Gasteiger partial charge is 0.165 e. The molecule has 0 saturated carbocycles. The predicted octanol–water partition coefficient (Wildman–Crippen LogP) is 3.78. The molecule has 0 fully saturated rings. The summed E-state index contributed by atoms with van der Waals surface area (Å²) >= 11 is 0. The number of hydrogen-bond donors (Lipinski definition) is 1. The zero-order valence-electron chi connectivity index (χ0n) is 11.4. The topological polar surface area (TPSA) is 23.5 Å². The van der Waals surface area contributed by atoms with Crippen molar-refractivity contribution in [3.8, 4) is 5.75 Å². The highest BCUT2D eigenvalue weighted by atomic mass is 19.1. The van der Waals surface area contributed by atoms with Crippen molar-refractivity contribution in [2.24, 2.45) is 0 Å². The van der Waals surface area contributed by atoms with Gasteiger partial charge in [0.2, 0.25) is 0 Å². The van der Waals surface area contributed by atoms with Crippen LogP contribution in [0.1, 0.15) is 16.7 Å². The van der Waals surface area contributed by atoms with E-state index in [0.717, 1.165) is 11.3 Å². The highest BCUT2D eigenvalue weighted by molar-refractivity contribution is 5.54. The van der Waals surface area contributed by atoms with Crippen LogP contribution >= 0.6 is 0 Å². The van der Waals surface area contributed by atoms with Crippen LogP contribution in [-0.4, -0.2) is 12.2 Å². The summed E-state index contributed by atoms with van der Waals surface area (Å²) in [4.78, 5) is 2.07. The highest BCUT2D eigenvalue weighted by Crippen LogP contribution is 2.23. The van der Waals surface area contributed by atoms with E-state index in [2.05, 4.69) is 36.9 Å². The molecular weight excluding hydrogens is 241 g/mol. The van der Waals surface area contributed by atoms with Gasteiger partial charge in [-0.05, 0) is 43.2 Å². The Labute approximate surface area is 113 Å². The van der Waals surface area contributed by atoms with Gasteiger partial charge in [-0.25, -0.2) is 4.39 Å². The summed E-state index contributed by atoms with van der Waals surface area (Å²) < 4.78 is 13.3. The molecule has 0 aliphatic rings. The van der Waals surface area contributed by atoms with Crippen LogP contribution in [0.5, 0.6) is 5.75 Å². The van der Waals surface area contributed by atoms with Gasteiger partial charge in [0.25, 0.3) is 0 Å². The second kappa shape index (κ2) is 5.31. The van der Waals surface area contributed by atoms with Crippen LogP contribution in [0.4, 0.5) is 10.1 Å². The maximum absolute atomic E-state index is 13.3. The Morgan fingerprint density at radius 2 is 1.84 bits per heavy atom. The number of phenols is 1. The number of phenolic OH excluding ortho intramolecular Hbond substituents is 1. The van der Waals surface area contributed by atoms with E-state index in [4.69, 9.17) is 0 Å². The zero-order valence-corrected chi connectivity index (χ0v) is 11.4.